The monoisotopic (exact) mass is 247 g/mol. The molecule has 0 bridgehead atoms. The highest BCUT2D eigenvalue weighted by Gasteiger charge is 2.18. The summed E-state index contributed by atoms with van der Waals surface area (Å²) in [7, 11) is 0. The van der Waals surface area contributed by atoms with Gasteiger partial charge in [0.15, 0.2) is 0 Å². The summed E-state index contributed by atoms with van der Waals surface area (Å²) in [6.45, 7) is 2.74. The molecular formula is C14H17NO3. The molecule has 0 atom stereocenters. The van der Waals surface area contributed by atoms with Crippen LogP contribution in [0.2, 0.25) is 0 Å². The summed E-state index contributed by atoms with van der Waals surface area (Å²) >= 11 is 0. The summed E-state index contributed by atoms with van der Waals surface area (Å²) in [4.78, 5) is 11.3. The number of aryl methyl sites for hydroxylation is 1. The summed E-state index contributed by atoms with van der Waals surface area (Å²) in [6.07, 6.45) is 1.57. The fourth-order valence-corrected chi connectivity index (χ4v) is 2.37. The standard InChI is InChI=1S/C14H17NO3/c1-10-13(14(17)18)11-6-2-3-7-12(11)15(10)8-4-5-9-16/h2-3,6-7,16H,4-5,8-9H2,1H3,(H,17,18). The van der Waals surface area contributed by atoms with E-state index in [0.717, 1.165) is 36.0 Å². The molecule has 0 aliphatic carbocycles. The van der Waals surface area contributed by atoms with Gasteiger partial charge < -0.3 is 14.8 Å². The van der Waals surface area contributed by atoms with Crippen LogP contribution in [-0.4, -0.2) is 27.4 Å². The fourth-order valence-electron chi connectivity index (χ4n) is 2.37. The number of unbranched alkanes of at least 4 members (excludes halogenated alkanes) is 1. The smallest absolute Gasteiger partial charge is 0.338 e. The van der Waals surface area contributed by atoms with E-state index < -0.39 is 5.97 Å². The first kappa shape index (κ1) is 12.6. The zero-order valence-corrected chi connectivity index (χ0v) is 10.4. The molecule has 0 spiro atoms. The third-order valence-electron chi connectivity index (χ3n) is 3.23. The highest BCUT2D eigenvalue weighted by molar-refractivity contribution is 6.05. The van der Waals surface area contributed by atoms with Crippen LogP contribution in [0.25, 0.3) is 10.9 Å². The van der Waals surface area contributed by atoms with Crippen molar-refractivity contribution in [1.82, 2.24) is 4.57 Å². The van der Waals surface area contributed by atoms with Gasteiger partial charge in [0.25, 0.3) is 0 Å². The molecule has 0 amide bonds. The summed E-state index contributed by atoms with van der Waals surface area (Å²) in [5, 5.41) is 18.9. The van der Waals surface area contributed by atoms with E-state index in [1.165, 1.54) is 0 Å². The van der Waals surface area contributed by atoms with Crippen LogP contribution in [0.3, 0.4) is 0 Å². The van der Waals surface area contributed by atoms with E-state index >= 15 is 0 Å². The van der Waals surface area contributed by atoms with E-state index in [-0.39, 0.29) is 6.61 Å². The van der Waals surface area contributed by atoms with Crippen molar-refractivity contribution in [3.05, 3.63) is 35.5 Å². The van der Waals surface area contributed by atoms with Gasteiger partial charge >= 0.3 is 5.97 Å². The van der Waals surface area contributed by atoms with Crippen LogP contribution in [0.1, 0.15) is 28.9 Å². The van der Waals surface area contributed by atoms with E-state index in [0.29, 0.717) is 5.56 Å². The van der Waals surface area contributed by atoms with E-state index in [4.69, 9.17) is 5.11 Å². The molecule has 0 fully saturated rings. The van der Waals surface area contributed by atoms with Crippen LogP contribution in [0.15, 0.2) is 24.3 Å². The van der Waals surface area contributed by atoms with Crippen molar-refractivity contribution in [2.24, 2.45) is 0 Å². The van der Waals surface area contributed by atoms with Crippen molar-refractivity contribution >= 4 is 16.9 Å². The van der Waals surface area contributed by atoms with Gasteiger partial charge in [0.2, 0.25) is 0 Å². The van der Waals surface area contributed by atoms with Crippen LogP contribution in [0.5, 0.6) is 0 Å². The number of benzene rings is 1. The van der Waals surface area contributed by atoms with Crippen molar-refractivity contribution in [3.63, 3.8) is 0 Å². The molecule has 0 aliphatic heterocycles. The summed E-state index contributed by atoms with van der Waals surface area (Å²) < 4.78 is 2.02. The lowest BCUT2D eigenvalue weighted by Crippen LogP contribution is -2.04. The van der Waals surface area contributed by atoms with E-state index in [2.05, 4.69) is 0 Å². The quantitative estimate of drug-likeness (QED) is 0.797. The molecule has 2 rings (SSSR count). The average molecular weight is 247 g/mol. The van der Waals surface area contributed by atoms with Crippen LogP contribution >= 0.6 is 0 Å². The van der Waals surface area contributed by atoms with E-state index in [9.17, 15) is 9.90 Å². The highest BCUT2D eigenvalue weighted by atomic mass is 16.4. The number of hydrogen-bond donors (Lipinski definition) is 2. The number of nitrogens with zero attached hydrogens (tertiary/aromatic N) is 1. The number of hydrogen-bond acceptors (Lipinski definition) is 2. The van der Waals surface area contributed by atoms with Crippen LogP contribution in [0.4, 0.5) is 0 Å². The van der Waals surface area contributed by atoms with Gasteiger partial charge in [-0.25, -0.2) is 4.79 Å². The third kappa shape index (κ3) is 2.11. The Labute approximate surface area is 105 Å². The second-order valence-electron chi connectivity index (χ2n) is 4.37. The first-order chi connectivity index (χ1) is 8.66. The fraction of sp³-hybridized carbons (Fsp3) is 0.357. The Balaban J connectivity index is 2.51. The first-order valence-electron chi connectivity index (χ1n) is 6.08. The SMILES string of the molecule is Cc1c(C(=O)O)c2ccccc2n1CCCCO. The Hall–Kier alpha value is -1.81. The van der Waals surface area contributed by atoms with Crippen LogP contribution in [0, 0.1) is 6.92 Å². The Morgan fingerprint density at radius 2 is 2.00 bits per heavy atom. The second-order valence-corrected chi connectivity index (χ2v) is 4.37. The molecule has 1 aromatic carbocycles. The van der Waals surface area contributed by atoms with E-state index in [1.54, 1.807) is 0 Å². The molecule has 0 saturated heterocycles. The zero-order chi connectivity index (χ0) is 13.1. The predicted octanol–water partition coefficient (Wildman–Crippen LogP) is 2.42. The summed E-state index contributed by atoms with van der Waals surface area (Å²) in [5.74, 6) is -0.885. The first-order valence-corrected chi connectivity index (χ1v) is 6.08. The molecule has 1 heterocycles. The molecule has 18 heavy (non-hydrogen) atoms. The Morgan fingerprint density at radius 3 is 2.67 bits per heavy atom. The normalized spacial score (nSPS) is 11.0. The van der Waals surface area contributed by atoms with Crippen LogP contribution in [-0.2, 0) is 6.54 Å². The number of aromatic nitrogens is 1. The zero-order valence-electron chi connectivity index (χ0n) is 10.4. The van der Waals surface area contributed by atoms with Crippen molar-refractivity contribution in [2.75, 3.05) is 6.61 Å². The van der Waals surface area contributed by atoms with Gasteiger partial charge in [-0.2, -0.15) is 0 Å². The Kier molecular flexibility index (Phi) is 3.67. The minimum Gasteiger partial charge on any atom is -0.478 e. The molecule has 0 saturated carbocycles. The number of fused-ring (bicyclic) bond motifs is 1. The average Bonchev–Trinajstić information content (AvgIpc) is 2.63. The summed E-state index contributed by atoms with van der Waals surface area (Å²) in [5.41, 5.74) is 2.11. The molecule has 4 heteroatoms. The molecule has 2 N–H and O–H groups in total. The number of para-hydroxylation sites is 1. The van der Waals surface area contributed by atoms with Gasteiger partial charge in [0.1, 0.15) is 0 Å². The van der Waals surface area contributed by atoms with Crippen molar-refractivity contribution in [3.8, 4) is 0 Å². The maximum Gasteiger partial charge on any atom is 0.338 e. The molecule has 2 aromatic rings. The number of carbonyl (C=O) groups is 1. The molecule has 1 aromatic heterocycles. The third-order valence-corrected chi connectivity index (χ3v) is 3.23. The second kappa shape index (κ2) is 5.23. The number of carboxylic acids is 1. The number of aliphatic hydroxyl groups excluding tert-OH is 1. The minimum absolute atomic E-state index is 0.171. The van der Waals surface area contributed by atoms with Gasteiger partial charge in [0.05, 0.1) is 5.56 Å². The predicted molar refractivity (Wildman–Crippen MR) is 70.0 cm³/mol. The largest absolute Gasteiger partial charge is 0.478 e. The number of aromatic carboxylic acids is 1. The number of aliphatic hydroxyl groups is 1. The van der Waals surface area contributed by atoms with Gasteiger partial charge in [0, 0.05) is 29.7 Å². The van der Waals surface area contributed by atoms with Crippen LogP contribution < -0.4 is 0 Å². The minimum atomic E-state index is -0.885. The molecule has 4 nitrogen and oxygen atoms in total. The molecule has 0 unspecified atom stereocenters. The highest BCUT2D eigenvalue weighted by Crippen LogP contribution is 2.26. The van der Waals surface area contributed by atoms with Crippen molar-refractivity contribution in [2.45, 2.75) is 26.3 Å². The van der Waals surface area contributed by atoms with Gasteiger partial charge in [-0.05, 0) is 25.8 Å². The van der Waals surface area contributed by atoms with Gasteiger partial charge in [-0.15, -0.1) is 0 Å². The van der Waals surface area contributed by atoms with Gasteiger partial charge in [-0.3, -0.25) is 0 Å². The van der Waals surface area contributed by atoms with E-state index in [1.807, 2.05) is 35.8 Å². The summed E-state index contributed by atoms with van der Waals surface area (Å²) in [6, 6.07) is 7.55. The maximum absolute atomic E-state index is 11.3. The number of carboxylic acid groups (broad SMARTS) is 1. The lowest BCUT2D eigenvalue weighted by molar-refractivity contribution is 0.0698. The molecule has 96 valence electrons. The Morgan fingerprint density at radius 1 is 1.28 bits per heavy atom. The molecular weight excluding hydrogens is 230 g/mol. The topological polar surface area (TPSA) is 62.5 Å². The Bertz CT molecular complexity index is 572. The number of rotatable bonds is 5. The maximum atomic E-state index is 11.3. The lowest BCUT2D eigenvalue weighted by atomic mass is 10.1. The van der Waals surface area contributed by atoms with Gasteiger partial charge in [-0.1, -0.05) is 18.2 Å². The van der Waals surface area contributed by atoms with Crippen molar-refractivity contribution in [1.29, 1.82) is 0 Å². The molecule has 0 radical (unpaired) electrons. The van der Waals surface area contributed by atoms with Crippen molar-refractivity contribution < 1.29 is 15.0 Å². The lowest BCUT2D eigenvalue weighted by Gasteiger charge is -2.07. The molecule has 0 aliphatic rings.